The van der Waals surface area contributed by atoms with Crippen LogP contribution in [0.4, 0.5) is 16.2 Å². The van der Waals surface area contributed by atoms with E-state index in [0.29, 0.717) is 30.2 Å². The summed E-state index contributed by atoms with van der Waals surface area (Å²) in [4.78, 5) is 16.8. The van der Waals surface area contributed by atoms with Crippen molar-refractivity contribution >= 4 is 17.5 Å². The molecule has 7 heteroatoms. The number of hydrogen-bond acceptors (Lipinski definition) is 6. The van der Waals surface area contributed by atoms with Crippen molar-refractivity contribution < 1.29 is 23.7 Å². The Bertz CT molecular complexity index is 966. The maximum atomic E-state index is 13.1. The molecule has 0 aliphatic carbocycles. The first-order valence-electron chi connectivity index (χ1n) is 10.6. The van der Waals surface area contributed by atoms with Gasteiger partial charge in [-0.2, -0.15) is 0 Å². The van der Waals surface area contributed by atoms with Gasteiger partial charge in [0.25, 0.3) is 0 Å². The van der Waals surface area contributed by atoms with E-state index in [2.05, 4.69) is 29.2 Å². The van der Waals surface area contributed by atoms with Gasteiger partial charge in [0, 0.05) is 44.9 Å². The maximum absolute atomic E-state index is 13.1. The van der Waals surface area contributed by atoms with E-state index in [1.54, 1.807) is 26.2 Å². The van der Waals surface area contributed by atoms with Crippen LogP contribution in [0.2, 0.25) is 0 Å². The molecule has 1 aliphatic rings. The molecular formula is C25H34N2O5. The van der Waals surface area contributed by atoms with Gasteiger partial charge in [-0.15, -0.1) is 0 Å². The van der Waals surface area contributed by atoms with Crippen molar-refractivity contribution in [3.8, 4) is 11.5 Å². The molecule has 0 saturated heterocycles. The average molecular weight is 443 g/mol. The Balaban J connectivity index is 2.07. The molecule has 3 rings (SSSR count). The minimum Gasteiger partial charge on any atom is -0.493 e. The molecule has 0 bridgehead atoms. The highest BCUT2D eigenvalue weighted by Crippen LogP contribution is 2.48. The quantitative estimate of drug-likeness (QED) is 0.651. The average Bonchev–Trinajstić information content (AvgIpc) is 3.05. The SMILES string of the molecule is COc1cc2c(cc1OC)C(Cc1ccc(N(C)C)cc1)(OC)CN2C(=O)OC(C)(C)C. The second-order valence-corrected chi connectivity index (χ2v) is 9.23. The van der Waals surface area contributed by atoms with Crippen molar-refractivity contribution in [2.24, 2.45) is 0 Å². The molecule has 1 aliphatic heterocycles. The Morgan fingerprint density at radius 3 is 2.12 bits per heavy atom. The van der Waals surface area contributed by atoms with Crippen LogP contribution in [0, 0.1) is 0 Å². The summed E-state index contributed by atoms with van der Waals surface area (Å²) >= 11 is 0. The van der Waals surface area contributed by atoms with E-state index in [4.69, 9.17) is 18.9 Å². The molecule has 7 nitrogen and oxygen atoms in total. The van der Waals surface area contributed by atoms with E-state index in [-0.39, 0.29) is 0 Å². The van der Waals surface area contributed by atoms with Gasteiger partial charge >= 0.3 is 6.09 Å². The minimum atomic E-state index is -0.759. The summed E-state index contributed by atoms with van der Waals surface area (Å²) in [6.45, 7) is 5.88. The monoisotopic (exact) mass is 442 g/mol. The van der Waals surface area contributed by atoms with Crippen LogP contribution < -0.4 is 19.3 Å². The van der Waals surface area contributed by atoms with Crippen LogP contribution in [0.15, 0.2) is 36.4 Å². The van der Waals surface area contributed by atoms with Gasteiger partial charge in [-0.25, -0.2) is 4.79 Å². The molecule has 1 amide bonds. The Labute approximate surface area is 190 Å². The zero-order chi connectivity index (χ0) is 23.7. The molecular weight excluding hydrogens is 408 g/mol. The van der Waals surface area contributed by atoms with Crippen molar-refractivity contribution in [3.05, 3.63) is 47.5 Å². The fourth-order valence-corrected chi connectivity index (χ4v) is 4.00. The zero-order valence-corrected chi connectivity index (χ0v) is 20.3. The number of anilines is 2. The summed E-state index contributed by atoms with van der Waals surface area (Å²) in [5, 5.41) is 0. The largest absolute Gasteiger partial charge is 0.493 e. The van der Waals surface area contributed by atoms with Gasteiger partial charge in [0.2, 0.25) is 0 Å². The van der Waals surface area contributed by atoms with Gasteiger partial charge in [-0.3, -0.25) is 4.90 Å². The number of methoxy groups -OCH3 is 3. The highest BCUT2D eigenvalue weighted by atomic mass is 16.6. The fourth-order valence-electron chi connectivity index (χ4n) is 4.00. The van der Waals surface area contributed by atoms with Crippen molar-refractivity contribution in [1.82, 2.24) is 0 Å². The Morgan fingerprint density at radius 1 is 1.03 bits per heavy atom. The van der Waals surface area contributed by atoms with E-state index in [1.165, 1.54) is 0 Å². The van der Waals surface area contributed by atoms with Gasteiger partial charge < -0.3 is 23.8 Å². The molecule has 0 fully saturated rings. The highest BCUT2D eigenvalue weighted by Gasteiger charge is 2.47. The summed E-state index contributed by atoms with van der Waals surface area (Å²) in [5.74, 6) is 1.13. The Hall–Kier alpha value is -2.93. The van der Waals surface area contributed by atoms with E-state index >= 15 is 0 Å². The molecule has 0 aromatic heterocycles. The molecule has 1 atom stereocenters. The minimum absolute atomic E-state index is 0.319. The standard InChI is InChI=1S/C25H34N2O5/c1-24(2,3)32-23(28)27-16-25(31-8,15-17-9-11-18(12-10-17)26(4)5)19-13-21(29-6)22(30-7)14-20(19)27/h9-14H,15-16H2,1-8H3. The van der Waals surface area contributed by atoms with Crippen molar-refractivity contribution in [3.63, 3.8) is 0 Å². The summed E-state index contributed by atoms with van der Waals surface area (Å²) < 4.78 is 22.9. The third-order valence-electron chi connectivity index (χ3n) is 5.64. The van der Waals surface area contributed by atoms with Crippen molar-refractivity contribution in [2.45, 2.75) is 38.4 Å². The second kappa shape index (κ2) is 8.90. The lowest BCUT2D eigenvalue weighted by Gasteiger charge is -2.30. The maximum Gasteiger partial charge on any atom is 0.414 e. The van der Waals surface area contributed by atoms with Crippen LogP contribution in [0.25, 0.3) is 0 Å². The predicted molar refractivity (Wildman–Crippen MR) is 126 cm³/mol. The topological polar surface area (TPSA) is 60.5 Å². The number of rotatable bonds is 6. The fraction of sp³-hybridized carbons (Fsp3) is 0.480. The molecule has 2 aromatic carbocycles. The molecule has 0 radical (unpaired) electrons. The lowest BCUT2D eigenvalue weighted by molar-refractivity contribution is -0.00286. The number of hydrogen-bond donors (Lipinski definition) is 0. The number of carbonyl (C=O) groups excluding carboxylic acids is 1. The summed E-state index contributed by atoms with van der Waals surface area (Å²) in [5.41, 5.74) is 2.40. The number of amides is 1. The molecule has 2 aromatic rings. The van der Waals surface area contributed by atoms with Crippen LogP contribution >= 0.6 is 0 Å². The van der Waals surface area contributed by atoms with Gasteiger partial charge in [0.05, 0.1) is 26.5 Å². The van der Waals surface area contributed by atoms with Crippen molar-refractivity contribution in [1.29, 1.82) is 0 Å². The normalized spacial score (nSPS) is 17.7. The van der Waals surface area contributed by atoms with Gasteiger partial charge in [-0.05, 0) is 44.5 Å². The zero-order valence-electron chi connectivity index (χ0n) is 20.3. The number of benzene rings is 2. The molecule has 32 heavy (non-hydrogen) atoms. The Morgan fingerprint density at radius 2 is 1.62 bits per heavy atom. The van der Waals surface area contributed by atoms with Crippen molar-refractivity contribution in [2.75, 3.05) is 51.8 Å². The third-order valence-corrected chi connectivity index (χ3v) is 5.64. The van der Waals surface area contributed by atoms with Gasteiger partial charge in [-0.1, -0.05) is 12.1 Å². The number of fused-ring (bicyclic) bond motifs is 1. The van der Waals surface area contributed by atoms with E-state index in [9.17, 15) is 4.79 Å². The van der Waals surface area contributed by atoms with Gasteiger partial charge in [0.1, 0.15) is 11.2 Å². The molecule has 0 spiro atoms. The molecule has 0 N–H and O–H groups in total. The van der Waals surface area contributed by atoms with Crippen LogP contribution in [0.5, 0.6) is 11.5 Å². The van der Waals surface area contributed by atoms with E-state index < -0.39 is 17.3 Å². The molecule has 1 unspecified atom stereocenters. The first-order chi connectivity index (χ1) is 15.0. The smallest absolute Gasteiger partial charge is 0.414 e. The van der Waals surface area contributed by atoms with E-state index in [1.807, 2.05) is 47.0 Å². The second-order valence-electron chi connectivity index (χ2n) is 9.23. The molecule has 1 heterocycles. The van der Waals surface area contributed by atoms with Crippen LogP contribution in [-0.2, 0) is 21.5 Å². The number of carbonyl (C=O) groups is 1. The Kier molecular flexibility index (Phi) is 6.60. The first-order valence-corrected chi connectivity index (χ1v) is 10.6. The van der Waals surface area contributed by atoms with Crippen LogP contribution in [-0.4, -0.2) is 53.7 Å². The third kappa shape index (κ3) is 4.63. The lowest BCUT2D eigenvalue weighted by atomic mass is 9.88. The first kappa shape index (κ1) is 23.7. The lowest BCUT2D eigenvalue weighted by Crippen LogP contribution is -2.42. The summed E-state index contributed by atoms with van der Waals surface area (Å²) in [6, 6.07) is 12.0. The highest BCUT2D eigenvalue weighted by molar-refractivity contribution is 5.92. The molecule has 0 saturated carbocycles. The van der Waals surface area contributed by atoms with E-state index in [0.717, 1.165) is 16.8 Å². The van der Waals surface area contributed by atoms with Gasteiger partial charge in [0.15, 0.2) is 11.5 Å². The van der Waals surface area contributed by atoms with Crippen LogP contribution in [0.3, 0.4) is 0 Å². The summed E-state index contributed by atoms with van der Waals surface area (Å²) in [6.07, 6.45) is 0.159. The molecule has 174 valence electrons. The predicted octanol–water partition coefficient (Wildman–Crippen LogP) is 4.61. The number of ether oxygens (including phenoxy) is 4. The number of nitrogens with zero attached hydrogens (tertiary/aromatic N) is 2. The van der Waals surface area contributed by atoms with Crippen LogP contribution in [0.1, 0.15) is 31.9 Å². The summed E-state index contributed by atoms with van der Waals surface area (Å²) in [7, 11) is 8.87.